The first kappa shape index (κ1) is 32.5. The Morgan fingerprint density at radius 3 is 2.24 bits per heavy atom. The van der Waals surface area contributed by atoms with Gasteiger partial charge in [-0.25, -0.2) is 5.48 Å². The van der Waals surface area contributed by atoms with Gasteiger partial charge in [-0.2, -0.15) is 0 Å². The molecule has 0 saturated carbocycles. The van der Waals surface area contributed by atoms with Gasteiger partial charge in [-0.05, 0) is 12.5 Å². The Labute approximate surface area is 264 Å². The van der Waals surface area contributed by atoms with E-state index in [4.69, 9.17) is 20.0 Å². The van der Waals surface area contributed by atoms with Crippen molar-refractivity contribution in [2.24, 2.45) is 5.73 Å². The van der Waals surface area contributed by atoms with Crippen LogP contribution in [0.5, 0.6) is 11.5 Å². The summed E-state index contributed by atoms with van der Waals surface area (Å²) in [5, 5.41) is 45.0. The summed E-state index contributed by atoms with van der Waals surface area (Å²) in [6.07, 6.45) is -5.01. The second-order valence-electron chi connectivity index (χ2n) is 11.4. The molecule has 3 aromatic rings. The normalized spacial score (nSPS) is 27.1. The third-order valence-electron chi connectivity index (χ3n) is 8.51. The summed E-state index contributed by atoms with van der Waals surface area (Å²) >= 11 is 0. The quantitative estimate of drug-likeness (QED) is 0.133. The Bertz CT molecular complexity index is 1640. The number of phenols is 2. The SMILES string of the molecule is CC1OC(O[C@H]2C[C@](O)(C(=O)NOCc3ccccc3)Cc3c(O)c4c(c(O)c32)C(=O)c2ccccc2C4=O)CC(N)C1O.Cl. The Hall–Kier alpha value is -3.88. The van der Waals surface area contributed by atoms with E-state index in [0.717, 1.165) is 5.56 Å². The molecule has 238 valence electrons. The first-order valence-corrected chi connectivity index (χ1v) is 14.2. The Morgan fingerprint density at radius 1 is 1.02 bits per heavy atom. The number of nitrogens with one attached hydrogen (secondary N) is 1. The van der Waals surface area contributed by atoms with Crippen molar-refractivity contribution in [3.63, 3.8) is 0 Å². The van der Waals surface area contributed by atoms with Crippen LogP contribution < -0.4 is 11.2 Å². The second kappa shape index (κ2) is 12.5. The van der Waals surface area contributed by atoms with Crippen molar-refractivity contribution >= 4 is 29.9 Å². The number of hydrogen-bond acceptors (Lipinski definition) is 11. The van der Waals surface area contributed by atoms with Gasteiger partial charge in [0.1, 0.15) is 11.5 Å². The Balaban J connectivity index is 0.00000400. The number of aliphatic hydroxyl groups excluding tert-OH is 1. The zero-order valence-corrected chi connectivity index (χ0v) is 25.0. The molecular formula is C32H33ClN2O10. The summed E-state index contributed by atoms with van der Waals surface area (Å²) in [4.78, 5) is 45.8. The summed E-state index contributed by atoms with van der Waals surface area (Å²) in [7, 11) is 0. The highest BCUT2D eigenvalue weighted by Crippen LogP contribution is 2.51. The molecule has 1 saturated heterocycles. The van der Waals surface area contributed by atoms with Crippen molar-refractivity contribution in [1.29, 1.82) is 0 Å². The maximum atomic E-state index is 13.5. The van der Waals surface area contributed by atoms with Crippen LogP contribution in [0.3, 0.4) is 0 Å². The van der Waals surface area contributed by atoms with Crippen molar-refractivity contribution in [2.45, 2.75) is 69.0 Å². The van der Waals surface area contributed by atoms with E-state index in [0.29, 0.717) is 0 Å². The van der Waals surface area contributed by atoms with Gasteiger partial charge in [0, 0.05) is 47.6 Å². The molecule has 1 amide bonds. The van der Waals surface area contributed by atoms with Gasteiger partial charge >= 0.3 is 0 Å². The van der Waals surface area contributed by atoms with Crippen LogP contribution in [-0.4, -0.2) is 68.0 Å². The van der Waals surface area contributed by atoms with Gasteiger partial charge in [0.2, 0.25) is 0 Å². The smallest absolute Gasteiger partial charge is 0.275 e. The molecule has 3 aromatic carbocycles. The average Bonchev–Trinajstić information content (AvgIpc) is 3.00. The van der Waals surface area contributed by atoms with E-state index in [2.05, 4.69) is 5.48 Å². The zero-order valence-electron chi connectivity index (χ0n) is 24.1. The Kier molecular flexibility index (Phi) is 9.02. The fourth-order valence-corrected chi connectivity index (χ4v) is 6.18. The number of aromatic hydroxyl groups is 2. The van der Waals surface area contributed by atoms with Gasteiger partial charge in [0.25, 0.3) is 5.91 Å². The van der Waals surface area contributed by atoms with E-state index in [-0.39, 0.29) is 47.7 Å². The standard InChI is InChI=1S/C32H32N2O10.ClH/c1-15-26(35)20(33)11-22(43-15)44-21-13-32(41,31(40)34-42-14-16-7-3-2-4-8-16)12-19-23(21)30(39)25-24(29(19)38)27(36)17-9-5-6-10-18(17)28(25)37;/h2-10,15,20-22,26,35,38-39,41H,11-14,33H2,1H3,(H,34,40);1H/t15?,20?,21-,22?,26?,32-;/m0./s1. The fourth-order valence-electron chi connectivity index (χ4n) is 6.18. The predicted octanol–water partition coefficient (Wildman–Crippen LogP) is 2.10. The van der Waals surface area contributed by atoms with Crippen LogP contribution in [-0.2, 0) is 32.1 Å². The number of halogens is 1. The van der Waals surface area contributed by atoms with Crippen LogP contribution in [0.15, 0.2) is 54.6 Å². The molecular weight excluding hydrogens is 608 g/mol. The number of benzene rings is 3. The van der Waals surface area contributed by atoms with Crippen LogP contribution in [0.2, 0.25) is 0 Å². The van der Waals surface area contributed by atoms with E-state index < -0.39 is 89.2 Å². The third-order valence-corrected chi connectivity index (χ3v) is 8.51. The maximum absolute atomic E-state index is 13.5. The van der Waals surface area contributed by atoms with Crippen molar-refractivity contribution < 1.29 is 49.1 Å². The maximum Gasteiger partial charge on any atom is 0.275 e. The van der Waals surface area contributed by atoms with Crippen molar-refractivity contribution in [2.75, 3.05) is 0 Å². The molecule has 1 fully saturated rings. The van der Waals surface area contributed by atoms with E-state index in [1.807, 2.05) is 6.07 Å². The lowest BCUT2D eigenvalue weighted by molar-refractivity contribution is -0.247. The summed E-state index contributed by atoms with van der Waals surface area (Å²) in [5.74, 6) is -3.60. The Morgan fingerprint density at radius 2 is 1.62 bits per heavy atom. The highest BCUT2D eigenvalue weighted by atomic mass is 35.5. The molecule has 0 bridgehead atoms. The fraction of sp³-hybridized carbons (Fsp3) is 0.344. The van der Waals surface area contributed by atoms with Crippen LogP contribution in [0.1, 0.15) is 74.4 Å². The lowest BCUT2D eigenvalue weighted by Gasteiger charge is -2.42. The number of carbonyl (C=O) groups excluding carboxylic acids is 3. The lowest BCUT2D eigenvalue weighted by Crippen LogP contribution is -2.54. The monoisotopic (exact) mass is 640 g/mol. The minimum atomic E-state index is -2.26. The molecule has 13 heteroatoms. The molecule has 2 aliphatic carbocycles. The predicted molar refractivity (Wildman–Crippen MR) is 160 cm³/mol. The molecule has 4 unspecified atom stereocenters. The molecule has 6 rings (SSSR count). The van der Waals surface area contributed by atoms with Gasteiger partial charge in [0.05, 0.1) is 36.0 Å². The molecule has 1 heterocycles. The largest absolute Gasteiger partial charge is 0.507 e. The summed E-state index contributed by atoms with van der Waals surface area (Å²) in [6.45, 7) is 1.60. The first-order chi connectivity index (χ1) is 21.0. The van der Waals surface area contributed by atoms with Gasteiger partial charge in [-0.15, -0.1) is 12.4 Å². The van der Waals surface area contributed by atoms with Crippen LogP contribution in [0, 0.1) is 0 Å². The summed E-state index contributed by atoms with van der Waals surface area (Å²) in [6, 6.07) is 14.3. The van der Waals surface area contributed by atoms with Gasteiger partial charge in [-0.3, -0.25) is 19.2 Å². The van der Waals surface area contributed by atoms with E-state index in [9.17, 15) is 34.8 Å². The molecule has 45 heavy (non-hydrogen) atoms. The van der Waals surface area contributed by atoms with Crippen LogP contribution in [0.4, 0.5) is 0 Å². The molecule has 0 radical (unpaired) electrons. The number of fused-ring (bicyclic) bond motifs is 3. The molecule has 0 aromatic heterocycles. The second-order valence-corrected chi connectivity index (χ2v) is 11.4. The average molecular weight is 641 g/mol. The number of aliphatic hydroxyl groups is 2. The van der Waals surface area contributed by atoms with E-state index >= 15 is 0 Å². The van der Waals surface area contributed by atoms with Gasteiger partial charge in [-0.1, -0.05) is 54.6 Å². The number of amides is 1. The van der Waals surface area contributed by atoms with Gasteiger partial charge < -0.3 is 35.6 Å². The number of nitrogens with two attached hydrogens (primary N) is 1. The van der Waals surface area contributed by atoms with E-state index in [1.54, 1.807) is 43.3 Å². The molecule has 7 N–H and O–H groups in total. The number of rotatable bonds is 6. The number of hydroxylamine groups is 1. The third kappa shape index (κ3) is 5.70. The minimum absolute atomic E-state index is 0. The number of hydrogen-bond donors (Lipinski definition) is 6. The highest BCUT2D eigenvalue weighted by molar-refractivity contribution is 6.30. The molecule has 12 nitrogen and oxygen atoms in total. The topological polar surface area (TPSA) is 198 Å². The minimum Gasteiger partial charge on any atom is -0.507 e. The zero-order chi connectivity index (χ0) is 31.3. The number of phenolic OH excluding ortho intramolecular Hbond substituents is 2. The lowest BCUT2D eigenvalue weighted by atomic mass is 9.73. The number of ether oxygens (including phenoxy) is 2. The molecule has 3 aliphatic rings. The van der Waals surface area contributed by atoms with Crippen molar-refractivity contribution in [3.8, 4) is 11.5 Å². The first-order valence-electron chi connectivity index (χ1n) is 14.2. The van der Waals surface area contributed by atoms with Gasteiger partial charge in [0.15, 0.2) is 23.5 Å². The molecule has 0 spiro atoms. The van der Waals surface area contributed by atoms with Crippen molar-refractivity contribution in [3.05, 3.63) is 93.5 Å². The van der Waals surface area contributed by atoms with E-state index in [1.165, 1.54) is 12.1 Å². The van der Waals surface area contributed by atoms with Crippen LogP contribution >= 0.6 is 12.4 Å². The molecule has 6 atom stereocenters. The summed E-state index contributed by atoms with van der Waals surface area (Å²) < 4.78 is 11.9. The summed E-state index contributed by atoms with van der Waals surface area (Å²) in [5.41, 5.74) is 5.89. The highest BCUT2D eigenvalue weighted by Gasteiger charge is 2.50. The number of ketones is 2. The number of carbonyl (C=O) groups is 3. The molecule has 1 aliphatic heterocycles. The van der Waals surface area contributed by atoms with Crippen molar-refractivity contribution in [1.82, 2.24) is 5.48 Å². The van der Waals surface area contributed by atoms with Crippen LogP contribution in [0.25, 0.3) is 0 Å².